The van der Waals surface area contributed by atoms with Crippen molar-refractivity contribution in [1.82, 2.24) is 24.4 Å². The van der Waals surface area contributed by atoms with Crippen LogP contribution < -0.4 is 10.1 Å². The lowest BCUT2D eigenvalue weighted by Crippen LogP contribution is -2.55. The molecule has 2 aliphatic heterocycles. The minimum Gasteiger partial charge on any atom is -0.492 e. The Balaban J connectivity index is 1.57. The molecule has 3 aromatic rings. The van der Waals surface area contributed by atoms with E-state index < -0.39 is 0 Å². The van der Waals surface area contributed by atoms with Crippen LogP contribution in [0.1, 0.15) is 5.56 Å². The highest BCUT2D eigenvalue weighted by atomic mass is 16.5. The molecule has 4 bridgehead atoms. The Bertz CT molecular complexity index is 1000. The molecule has 146 valence electrons. The molecule has 0 saturated carbocycles. The van der Waals surface area contributed by atoms with Crippen molar-refractivity contribution in [3.63, 3.8) is 0 Å². The lowest BCUT2D eigenvalue weighted by Gasteiger charge is -2.39. The molecular formula is C21H26N6O. The van der Waals surface area contributed by atoms with Crippen LogP contribution >= 0.6 is 0 Å². The van der Waals surface area contributed by atoms with Gasteiger partial charge in [-0.1, -0.05) is 6.07 Å². The summed E-state index contributed by atoms with van der Waals surface area (Å²) in [4.78, 5) is 9.75. The second kappa shape index (κ2) is 7.07. The third kappa shape index (κ3) is 3.21. The van der Waals surface area contributed by atoms with Crippen molar-refractivity contribution in [2.75, 3.05) is 51.7 Å². The van der Waals surface area contributed by atoms with Gasteiger partial charge in [0.2, 0.25) is 0 Å². The largest absolute Gasteiger partial charge is 0.492 e. The molecule has 0 spiro atoms. The summed E-state index contributed by atoms with van der Waals surface area (Å²) in [6, 6.07) is 8.68. The van der Waals surface area contributed by atoms with Crippen molar-refractivity contribution in [2.45, 2.75) is 13.0 Å². The van der Waals surface area contributed by atoms with Crippen molar-refractivity contribution >= 4 is 11.5 Å². The number of hydrogen-bond acceptors (Lipinski definition) is 6. The fourth-order valence-corrected chi connectivity index (χ4v) is 4.16. The molecular weight excluding hydrogens is 352 g/mol. The van der Waals surface area contributed by atoms with Gasteiger partial charge in [-0.3, -0.25) is 4.90 Å². The molecule has 5 rings (SSSR count). The molecule has 2 aliphatic rings. The first-order valence-electron chi connectivity index (χ1n) is 9.92. The van der Waals surface area contributed by atoms with Crippen LogP contribution in [0.5, 0.6) is 5.75 Å². The van der Waals surface area contributed by atoms with Crippen molar-refractivity contribution in [3.8, 4) is 16.9 Å². The standard InChI is InChI=1S/C21H26N6O/c1-15-3-4-17-11-18(15)19-12-23-27-7-5-20(24-21(19)27)22-6-8-26-10-9-25(2)13-16(26)14-28-17/h3-5,7,11-12,16H,6,8-10,13-14H2,1-2H3,(H,22,24)/t16-/m1/s1. The van der Waals surface area contributed by atoms with Crippen LogP contribution in [0.15, 0.2) is 36.7 Å². The number of hydrogen-bond donors (Lipinski definition) is 1. The van der Waals surface area contributed by atoms with Gasteiger partial charge in [0.1, 0.15) is 18.2 Å². The number of aromatic nitrogens is 3. The summed E-state index contributed by atoms with van der Waals surface area (Å²) < 4.78 is 8.08. The Morgan fingerprint density at radius 1 is 1.14 bits per heavy atom. The van der Waals surface area contributed by atoms with Crippen LogP contribution in [0.2, 0.25) is 0 Å². The topological polar surface area (TPSA) is 57.9 Å². The van der Waals surface area contributed by atoms with Crippen LogP contribution in [-0.4, -0.2) is 76.8 Å². The highest BCUT2D eigenvalue weighted by Gasteiger charge is 2.26. The summed E-state index contributed by atoms with van der Waals surface area (Å²) in [6.45, 7) is 7.82. The quantitative estimate of drug-likeness (QED) is 0.647. The van der Waals surface area contributed by atoms with Gasteiger partial charge < -0.3 is 15.0 Å². The van der Waals surface area contributed by atoms with Crippen LogP contribution in [-0.2, 0) is 0 Å². The number of nitrogens with zero attached hydrogens (tertiary/aromatic N) is 5. The first kappa shape index (κ1) is 17.5. The summed E-state index contributed by atoms with van der Waals surface area (Å²) in [5.41, 5.74) is 4.20. The monoisotopic (exact) mass is 378 g/mol. The molecule has 1 fully saturated rings. The van der Waals surface area contributed by atoms with E-state index in [1.54, 1.807) is 0 Å². The Hall–Kier alpha value is -2.64. The fourth-order valence-electron chi connectivity index (χ4n) is 4.16. The molecule has 0 aliphatic carbocycles. The zero-order chi connectivity index (χ0) is 19.1. The Morgan fingerprint density at radius 2 is 2.07 bits per heavy atom. The van der Waals surface area contributed by atoms with E-state index in [1.807, 2.05) is 23.0 Å². The lowest BCUT2D eigenvalue weighted by molar-refractivity contribution is 0.0612. The van der Waals surface area contributed by atoms with Crippen molar-refractivity contribution in [3.05, 3.63) is 42.2 Å². The number of anilines is 1. The number of likely N-dealkylation sites (N-methyl/N-ethyl adjacent to an activating group) is 1. The molecule has 7 nitrogen and oxygen atoms in total. The summed E-state index contributed by atoms with van der Waals surface area (Å²) >= 11 is 0. The maximum Gasteiger partial charge on any atom is 0.165 e. The smallest absolute Gasteiger partial charge is 0.165 e. The van der Waals surface area contributed by atoms with E-state index in [0.717, 1.165) is 61.1 Å². The highest BCUT2D eigenvalue weighted by molar-refractivity contribution is 5.80. The van der Waals surface area contributed by atoms with E-state index in [4.69, 9.17) is 9.72 Å². The molecule has 0 unspecified atom stereocenters. The van der Waals surface area contributed by atoms with Gasteiger partial charge in [-0.15, -0.1) is 0 Å². The molecule has 1 N–H and O–H groups in total. The second-order valence-corrected chi connectivity index (χ2v) is 7.81. The number of piperazine rings is 1. The van der Waals surface area contributed by atoms with Crippen LogP contribution in [0.4, 0.5) is 5.82 Å². The van der Waals surface area contributed by atoms with Gasteiger partial charge in [0.15, 0.2) is 5.65 Å². The van der Waals surface area contributed by atoms with E-state index in [9.17, 15) is 0 Å². The summed E-state index contributed by atoms with van der Waals surface area (Å²) in [7, 11) is 2.19. The number of fused-ring (bicyclic) bond motifs is 5. The molecule has 1 aromatic carbocycles. The van der Waals surface area contributed by atoms with E-state index >= 15 is 0 Å². The normalized spacial score (nSPS) is 21.0. The number of benzene rings is 1. The van der Waals surface area contributed by atoms with E-state index in [2.05, 4.69) is 52.4 Å². The maximum absolute atomic E-state index is 6.26. The van der Waals surface area contributed by atoms with Crippen LogP contribution in [0.25, 0.3) is 16.8 Å². The van der Waals surface area contributed by atoms with Gasteiger partial charge in [0.25, 0.3) is 0 Å². The van der Waals surface area contributed by atoms with Crippen LogP contribution in [0, 0.1) is 6.92 Å². The molecule has 28 heavy (non-hydrogen) atoms. The first-order chi connectivity index (χ1) is 13.7. The minimum absolute atomic E-state index is 0.385. The van der Waals surface area contributed by atoms with Gasteiger partial charge >= 0.3 is 0 Å². The predicted octanol–water partition coefficient (Wildman–Crippen LogP) is 2.13. The predicted molar refractivity (Wildman–Crippen MR) is 110 cm³/mol. The van der Waals surface area contributed by atoms with Gasteiger partial charge in [-0.2, -0.15) is 5.10 Å². The van der Waals surface area contributed by atoms with Gasteiger partial charge in [0.05, 0.1) is 12.2 Å². The molecule has 0 amide bonds. The fraction of sp³-hybridized carbons (Fsp3) is 0.429. The average Bonchev–Trinajstić information content (AvgIpc) is 3.11. The van der Waals surface area contributed by atoms with Gasteiger partial charge in [-0.05, 0) is 43.3 Å². The van der Waals surface area contributed by atoms with Gasteiger partial charge in [-0.25, -0.2) is 9.50 Å². The van der Waals surface area contributed by atoms with Crippen molar-refractivity contribution in [1.29, 1.82) is 0 Å². The maximum atomic E-state index is 6.26. The molecule has 0 radical (unpaired) electrons. The van der Waals surface area contributed by atoms with E-state index in [0.29, 0.717) is 12.6 Å². The zero-order valence-corrected chi connectivity index (χ0v) is 16.4. The lowest BCUT2D eigenvalue weighted by atomic mass is 10.0. The molecule has 1 saturated heterocycles. The average molecular weight is 378 g/mol. The van der Waals surface area contributed by atoms with Crippen molar-refractivity contribution < 1.29 is 4.74 Å². The Morgan fingerprint density at radius 3 is 3.00 bits per heavy atom. The Kier molecular flexibility index (Phi) is 4.41. The summed E-state index contributed by atoms with van der Waals surface area (Å²) in [5.74, 6) is 1.79. The van der Waals surface area contributed by atoms with Crippen molar-refractivity contribution in [2.24, 2.45) is 0 Å². The molecule has 1 atom stereocenters. The number of ether oxygens (including phenoxy) is 1. The summed E-state index contributed by atoms with van der Waals surface area (Å²) in [6.07, 6.45) is 3.86. The number of rotatable bonds is 0. The summed E-state index contributed by atoms with van der Waals surface area (Å²) in [5, 5.41) is 7.97. The highest BCUT2D eigenvalue weighted by Crippen LogP contribution is 2.31. The molecule has 2 aromatic heterocycles. The van der Waals surface area contributed by atoms with E-state index in [1.165, 1.54) is 5.56 Å². The number of nitrogens with one attached hydrogen (secondary N) is 1. The first-order valence-corrected chi connectivity index (χ1v) is 9.92. The molecule has 7 heteroatoms. The third-order valence-electron chi connectivity index (χ3n) is 5.82. The molecule has 4 heterocycles. The Labute approximate surface area is 164 Å². The van der Waals surface area contributed by atoms with Crippen LogP contribution in [0.3, 0.4) is 0 Å². The van der Waals surface area contributed by atoms with Gasteiger partial charge in [0, 0.05) is 44.5 Å². The second-order valence-electron chi connectivity index (χ2n) is 7.81. The zero-order valence-electron chi connectivity index (χ0n) is 16.4. The number of aryl methyl sites for hydroxylation is 1. The minimum atomic E-state index is 0.385. The van der Waals surface area contributed by atoms with E-state index in [-0.39, 0.29) is 0 Å². The third-order valence-corrected chi connectivity index (χ3v) is 5.82. The SMILES string of the molecule is Cc1ccc2cc1-c1cnn3ccc(nc13)NCCN1CCN(C)C[C@@H]1CO2.